The zero-order chi connectivity index (χ0) is 21.0. The van der Waals surface area contributed by atoms with E-state index >= 15 is 0 Å². The molecule has 1 fully saturated rings. The minimum absolute atomic E-state index is 0.371. The Kier molecular flexibility index (Phi) is 6.66. The maximum absolute atomic E-state index is 7.38. The molecule has 0 aliphatic heterocycles. The summed E-state index contributed by atoms with van der Waals surface area (Å²) < 4.78 is 7.38. The van der Waals surface area contributed by atoms with Crippen LogP contribution in [-0.2, 0) is 10.1 Å². The lowest BCUT2D eigenvalue weighted by molar-refractivity contribution is -0.0583. The molecule has 0 saturated heterocycles. The van der Waals surface area contributed by atoms with Crippen molar-refractivity contribution in [3.63, 3.8) is 0 Å². The Balaban J connectivity index is 1.85. The van der Waals surface area contributed by atoms with E-state index in [1.165, 1.54) is 23.5 Å². The molecule has 30 heavy (non-hydrogen) atoms. The van der Waals surface area contributed by atoms with Crippen LogP contribution in [0.1, 0.15) is 45.7 Å². The van der Waals surface area contributed by atoms with Crippen molar-refractivity contribution in [1.29, 1.82) is 0 Å². The normalized spacial score (nSPS) is 24.3. The van der Waals surface area contributed by atoms with E-state index in [1.807, 2.05) is 12.3 Å². The number of aromatic nitrogens is 1. The lowest BCUT2D eigenvalue weighted by atomic mass is 9.65. The molecule has 1 heterocycles. The van der Waals surface area contributed by atoms with E-state index in [1.54, 1.807) is 0 Å². The SMILES string of the molecule is CC1CC[C@H](C(C)C)[C@](OP(c2ccccc2)c2ccccc2)(c2ccccn2)C1. The van der Waals surface area contributed by atoms with Crippen molar-refractivity contribution >= 4 is 18.8 Å². The molecule has 1 unspecified atom stereocenters. The van der Waals surface area contributed by atoms with Crippen molar-refractivity contribution in [3.05, 3.63) is 90.8 Å². The van der Waals surface area contributed by atoms with Crippen molar-refractivity contribution in [3.8, 4) is 0 Å². The van der Waals surface area contributed by atoms with Crippen LogP contribution in [0.15, 0.2) is 85.1 Å². The molecule has 4 rings (SSSR count). The Bertz CT molecular complexity index is 876. The third kappa shape index (κ3) is 4.36. The molecule has 1 aromatic heterocycles. The van der Waals surface area contributed by atoms with Crippen molar-refractivity contribution in [2.24, 2.45) is 17.8 Å². The van der Waals surface area contributed by atoms with Gasteiger partial charge in [-0.15, -0.1) is 0 Å². The summed E-state index contributed by atoms with van der Waals surface area (Å²) in [7, 11) is -0.956. The first-order valence-electron chi connectivity index (χ1n) is 11.1. The van der Waals surface area contributed by atoms with Crippen LogP contribution in [0.5, 0.6) is 0 Å². The van der Waals surface area contributed by atoms with Crippen molar-refractivity contribution in [2.75, 3.05) is 0 Å². The molecule has 3 atom stereocenters. The number of pyridine rings is 1. The van der Waals surface area contributed by atoms with Crippen molar-refractivity contribution in [2.45, 2.75) is 45.6 Å². The smallest absolute Gasteiger partial charge is 0.118 e. The van der Waals surface area contributed by atoms with E-state index < -0.39 is 8.15 Å². The Morgan fingerprint density at radius 1 is 0.867 bits per heavy atom. The van der Waals surface area contributed by atoms with E-state index in [4.69, 9.17) is 9.51 Å². The molecule has 3 heteroatoms. The second kappa shape index (κ2) is 9.41. The van der Waals surface area contributed by atoms with Crippen molar-refractivity contribution in [1.82, 2.24) is 4.98 Å². The molecule has 0 amide bonds. The molecule has 0 spiro atoms. The average Bonchev–Trinajstić information content (AvgIpc) is 2.79. The first-order chi connectivity index (χ1) is 14.6. The summed E-state index contributed by atoms with van der Waals surface area (Å²) in [4.78, 5) is 4.87. The summed E-state index contributed by atoms with van der Waals surface area (Å²) in [5, 5.41) is 2.52. The van der Waals surface area contributed by atoms with Gasteiger partial charge in [-0.25, -0.2) is 0 Å². The molecule has 1 aliphatic rings. The third-order valence-electron chi connectivity index (χ3n) is 6.36. The van der Waals surface area contributed by atoms with Gasteiger partial charge in [0.15, 0.2) is 0 Å². The van der Waals surface area contributed by atoms with Gasteiger partial charge in [-0.1, -0.05) is 93.9 Å². The summed E-state index contributed by atoms with van der Waals surface area (Å²) in [5.74, 6) is 1.59. The molecule has 0 bridgehead atoms. The van der Waals surface area contributed by atoms with Crippen LogP contribution < -0.4 is 10.6 Å². The highest BCUT2D eigenvalue weighted by Crippen LogP contribution is 2.55. The summed E-state index contributed by atoms with van der Waals surface area (Å²) in [6.45, 7) is 7.05. The molecule has 1 aliphatic carbocycles. The number of nitrogens with zero attached hydrogens (tertiary/aromatic N) is 1. The Morgan fingerprint density at radius 2 is 1.47 bits per heavy atom. The minimum atomic E-state index is -0.956. The van der Waals surface area contributed by atoms with E-state index in [0.29, 0.717) is 17.8 Å². The fraction of sp³-hybridized carbons (Fsp3) is 0.370. The molecule has 2 nitrogen and oxygen atoms in total. The fourth-order valence-electron chi connectivity index (χ4n) is 4.94. The summed E-state index contributed by atoms with van der Waals surface area (Å²) in [6.07, 6.45) is 5.38. The number of rotatable bonds is 6. The zero-order valence-electron chi connectivity index (χ0n) is 18.2. The average molecular weight is 418 g/mol. The predicted octanol–water partition coefficient (Wildman–Crippen LogP) is 6.43. The van der Waals surface area contributed by atoms with Gasteiger partial charge in [-0.2, -0.15) is 0 Å². The fourth-order valence-corrected chi connectivity index (χ4v) is 6.97. The van der Waals surface area contributed by atoms with Gasteiger partial charge >= 0.3 is 0 Å². The monoisotopic (exact) mass is 417 g/mol. The maximum atomic E-state index is 7.38. The topological polar surface area (TPSA) is 22.1 Å². The van der Waals surface area contributed by atoms with E-state index in [2.05, 4.69) is 93.6 Å². The van der Waals surface area contributed by atoms with Gasteiger partial charge in [0.25, 0.3) is 0 Å². The highest BCUT2D eigenvalue weighted by Gasteiger charge is 2.49. The second-order valence-corrected chi connectivity index (χ2v) is 10.7. The quantitative estimate of drug-likeness (QED) is 0.431. The maximum Gasteiger partial charge on any atom is 0.118 e. The highest BCUT2D eigenvalue weighted by atomic mass is 31.1. The van der Waals surface area contributed by atoms with Crippen LogP contribution in [0.3, 0.4) is 0 Å². The number of benzene rings is 2. The van der Waals surface area contributed by atoms with Crippen LogP contribution in [0.2, 0.25) is 0 Å². The molecule has 0 radical (unpaired) electrons. The number of hydrogen-bond acceptors (Lipinski definition) is 2. The molecule has 0 N–H and O–H groups in total. The molecule has 2 aromatic carbocycles. The zero-order valence-corrected chi connectivity index (χ0v) is 19.1. The van der Waals surface area contributed by atoms with E-state index in [0.717, 1.165) is 12.1 Å². The van der Waals surface area contributed by atoms with Crippen LogP contribution in [0, 0.1) is 17.8 Å². The van der Waals surface area contributed by atoms with Crippen LogP contribution >= 0.6 is 8.15 Å². The minimum Gasteiger partial charge on any atom is -0.337 e. The Morgan fingerprint density at radius 3 is 2.00 bits per heavy atom. The molecular weight excluding hydrogens is 385 g/mol. The number of hydrogen-bond donors (Lipinski definition) is 0. The largest absolute Gasteiger partial charge is 0.337 e. The first-order valence-corrected chi connectivity index (χ1v) is 12.4. The third-order valence-corrected chi connectivity index (χ3v) is 8.40. The summed E-state index contributed by atoms with van der Waals surface area (Å²) in [6, 6.07) is 27.8. The Labute approximate surface area is 182 Å². The highest BCUT2D eigenvalue weighted by molar-refractivity contribution is 7.68. The second-order valence-electron chi connectivity index (χ2n) is 8.90. The van der Waals surface area contributed by atoms with Gasteiger partial charge in [0.05, 0.1) is 13.8 Å². The molecule has 3 aromatic rings. The molecule has 156 valence electrons. The summed E-state index contributed by atoms with van der Waals surface area (Å²) >= 11 is 0. The van der Waals surface area contributed by atoms with Gasteiger partial charge in [0, 0.05) is 16.8 Å². The lowest BCUT2D eigenvalue weighted by Crippen LogP contribution is -2.46. The van der Waals surface area contributed by atoms with Gasteiger partial charge in [0.2, 0.25) is 0 Å². The van der Waals surface area contributed by atoms with Crippen LogP contribution in [0.4, 0.5) is 0 Å². The summed E-state index contributed by atoms with van der Waals surface area (Å²) in [5.41, 5.74) is 0.722. The van der Waals surface area contributed by atoms with Gasteiger partial charge in [-0.05, 0) is 42.7 Å². The molecular formula is C27H32NOP. The van der Waals surface area contributed by atoms with Crippen molar-refractivity contribution < 1.29 is 4.52 Å². The predicted molar refractivity (Wildman–Crippen MR) is 127 cm³/mol. The van der Waals surface area contributed by atoms with Gasteiger partial charge in [0.1, 0.15) is 5.60 Å². The first kappa shape index (κ1) is 21.2. The van der Waals surface area contributed by atoms with E-state index in [9.17, 15) is 0 Å². The Hall–Kier alpha value is -2.02. The van der Waals surface area contributed by atoms with E-state index in [-0.39, 0.29) is 5.60 Å². The van der Waals surface area contributed by atoms with Gasteiger partial charge < -0.3 is 4.52 Å². The van der Waals surface area contributed by atoms with Crippen LogP contribution in [-0.4, -0.2) is 4.98 Å². The standard InChI is InChI=1S/C27H32NOP/c1-21(2)25-18-17-22(3)20-27(25,26-16-10-11-19-28-26)29-30(23-12-6-4-7-13-23)24-14-8-5-9-15-24/h4-16,19,21-22,25H,17-18,20H2,1-3H3/t22?,25-,27+/m1/s1. The van der Waals surface area contributed by atoms with Crippen LogP contribution in [0.25, 0.3) is 0 Å². The van der Waals surface area contributed by atoms with Gasteiger partial charge in [-0.3, -0.25) is 4.98 Å². The molecule has 1 saturated carbocycles. The lowest BCUT2D eigenvalue weighted by Gasteiger charge is -2.49.